The number of amides is 2. The van der Waals surface area contributed by atoms with Crippen LogP contribution in [0.4, 0.5) is 4.79 Å². The number of hydrogen-bond donors (Lipinski definition) is 3. The lowest BCUT2D eigenvalue weighted by molar-refractivity contribution is -0.142. The highest BCUT2D eigenvalue weighted by Gasteiger charge is 2.33. The predicted molar refractivity (Wildman–Crippen MR) is 76.6 cm³/mol. The van der Waals surface area contributed by atoms with Crippen molar-refractivity contribution >= 4 is 21.8 Å². The molecule has 2 amide bonds. The van der Waals surface area contributed by atoms with Gasteiger partial charge in [-0.2, -0.15) is 0 Å². The largest absolute Gasteiger partial charge is 0.481 e. The molecule has 2 aliphatic rings. The van der Waals surface area contributed by atoms with E-state index in [9.17, 15) is 18.0 Å². The highest BCUT2D eigenvalue weighted by molar-refractivity contribution is 7.91. The van der Waals surface area contributed by atoms with Gasteiger partial charge in [0.2, 0.25) is 0 Å². The van der Waals surface area contributed by atoms with Crippen molar-refractivity contribution < 1.29 is 23.1 Å². The third-order valence-electron chi connectivity index (χ3n) is 4.38. The van der Waals surface area contributed by atoms with Gasteiger partial charge in [0.05, 0.1) is 17.4 Å². The van der Waals surface area contributed by atoms with E-state index in [0.29, 0.717) is 25.9 Å². The minimum absolute atomic E-state index is 0.0138. The van der Waals surface area contributed by atoms with Gasteiger partial charge in [0, 0.05) is 13.1 Å². The quantitative estimate of drug-likeness (QED) is 0.671. The van der Waals surface area contributed by atoms with Gasteiger partial charge in [0.25, 0.3) is 0 Å². The standard InChI is InChI=1S/C13H22N2O5S/c16-12(17)11-3-1-2-10(11)7-15-13(18)14-6-9-4-5-21(19,20)8-9/h9-11H,1-8H2,(H,16,17)(H2,14,15,18). The van der Waals surface area contributed by atoms with Crippen LogP contribution in [-0.4, -0.2) is 50.1 Å². The third kappa shape index (κ3) is 4.59. The van der Waals surface area contributed by atoms with E-state index in [0.717, 1.165) is 12.8 Å². The summed E-state index contributed by atoms with van der Waals surface area (Å²) >= 11 is 0. The highest BCUT2D eigenvalue weighted by atomic mass is 32.2. The summed E-state index contributed by atoms with van der Waals surface area (Å²) in [6.07, 6.45) is 2.96. The first-order valence-corrected chi connectivity index (χ1v) is 9.14. The number of carbonyl (C=O) groups excluding carboxylic acids is 1. The van der Waals surface area contributed by atoms with Gasteiger partial charge in [-0.25, -0.2) is 13.2 Å². The van der Waals surface area contributed by atoms with Gasteiger partial charge in [-0.05, 0) is 31.1 Å². The molecule has 1 saturated carbocycles. The zero-order valence-electron chi connectivity index (χ0n) is 11.9. The first-order chi connectivity index (χ1) is 9.87. The molecular weight excluding hydrogens is 296 g/mol. The Labute approximate surface area is 124 Å². The van der Waals surface area contributed by atoms with Crippen LogP contribution in [0.3, 0.4) is 0 Å². The van der Waals surface area contributed by atoms with Gasteiger partial charge in [0.1, 0.15) is 0 Å². The van der Waals surface area contributed by atoms with E-state index in [-0.39, 0.29) is 35.3 Å². The Morgan fingerprint density at radius 3 is 2.43 bits per heavy atom. The molecule has 0 aromatic rings. The molecule has 3 atom stereocenters. The number of nitrogens with one attached hydrogen (secondary N) is 2. The second kappa shape index (κ2) is 6.64. The van der Waals surface area contributed by atoms with Crippen LogP contribution in [0.5, 0.6) is 0 Å². The molecule has 8 heteroatoms. The minimum atomic E-state index is -2.92. The lowest BCUT2D eigenvalue weighted by Gasteiger charge is -2.17. The van der Waals surface area contributed by atoms with Crippen molar-refractivity contribution in [1.29, 1.82) is 0 Å². The Morgan fingerprint density at radius 2 is 1.81 bits per heavy atom. The van der Waals surface area contributed by atoms with Crippen LogP contribution in [0, 0.1) is 17.8 Å². The van der Waals surface area contributed by atoms with Crippen molar-refractivity contribution in [2.24, 2.45) is 17.8 Å². The summed E-state index contributed by atoms with van der Waals surface area (Å²) in [6.45, 7) is 0.698. The molecule has 0 radical (unpaired) electrons. The van der Waals surface area contributed by atoms with Gasteiger partial charge < -0.3 is 15.7 Å². The zero-order valence-corrected chi connectivity index (χ0v) is 12.7. The van der Waals surface area contributed by atoms with E-state index in [1.165, 1.54) is 0 Å². The maximum atomic E-state index is 11.7. The van der Waals surface area contributed by atoms with E-state index in [1.807, 2.05) is 0 Å². The molecule has 1 saturated heterocycles. The van der Waals surface area contributed by atoms with E-state index in [2.05, 4.69) is 10.6 Å². The maximum absolute atomic E-state index is 11.7. The average Bonchev–Trinajstić information content (AvgIpc) is 3.00. The fourth-order valence-electron chi connectivity index (χ4n) is 3.16. The molecule has 21 heavy (non-hydrogen) atoms. The Balaban J connectivity index is 1.67. The Hall–Kier alpha value is -1.31. The van der Waals surface area contributed by atoms with E-state index in [4.69, 9.17) is 5.11 Å². The lowest BCUT2D eigenvalue weighted by atomic mass is 9.96. The molecule has 3 unspecified atom stereocenters. The molecular formula is C13H22N2O5S. The van der Waals surface area contributed by atoms with E-state index < -0.39 is 15.8 Å². The molecule has 0 aromatic carbocycles. The molecule has 0 bridgehead atoms. The number of aliphatic carboxylic acids is 1. The topological polar surface area (TPSA) is 113 Å². The van der Waals surface area contributed by atoms with E-state index in [1.54, 1.807) is 0 Å². The van der Waals surface area contributed by atoms with E-state index >= 15 is 0 Å². The Morgan fingerprint density at radius 1 is 1.10 bits per heavy atom. The van der Waals surface area contributed by atoms with Crippen LogP contribution < -0.4 is 10.6 Å². The third-order valence-corrected chi connectivity index (χ3v) is 6.22. The average molecular weight is 318 g/mol. The lowest BCUT2D eigenvalue weighted by Crippen LogP contribution is -2.41. The van der Waals surface area contributed by atoms with Crippen molar-refractivity contribution in [3.8, 4) is 0 Å². The molecule has 2 fully saturated rings. The van der Waals surface area contributed by atoms with Gasteiger partial charge in [-0.15, -0.1) is 0 Å². The van der Waals surface area contributed by atoms with Crippen LogP contribution >= 0.6 is 0 Å². The first kappa shape index (κ1) is 16.1. The molecule has 1 heterocycles. The predicted octanol–water partition coefficient (Wildman–Crippen LogP) is 0.221. The monoisotopic (exact) mass is 318 g/mol. The summed E-state index contributed by atoms with van der Waals surface area (Å²) in [7, 11) is -2.92. The molecule has 3 N–H and O–H groups in total. The number of urea groups is 1. The number of hydrogen-bond acceptors (Lipinski definition) is 4. The summed E-state index contributed by atoms with van der Waals surface area (Å²) < 4.78 is 22.6. The molecule has 120 valence electrons. The Kier molecular flexibility index (Phi) is 5.08. The molecule has 2 rings (SSSR count). The number of carboxylic acids is 1. The van der Waals surface area contributed by atoms with Crippen molar-refractivity contribution in [2.45, 2.75) is 25.7 Å². The summed E-state index contributed by atoms with van der Waals surface area (Å²) in [5, 5.41) is 14.4. The summed E-state index contributed by atoms with van der Waals surface area (Å²) in [5.41, 5.74) is 0. The molecule has 0 spiro atoms. The smallest absolute Gasteiger partial charge is 0.314 e. The summed E-state index contributed by atoms with van der Waals surface area (Å²) in [6, 6.07) is -0.352. The fraction of sp³-hybridized carbons (Fsp3) is 0.846. The summed E-state index contributed by atoms with van der Waals surface area (Å²) in [4.78, 5) is 22.7. The number of carbonyl (C=O) groups is 2. The van der Waals surface area contributed by atoms with Gasteiger partial charge >= 0.3 is 12.0 Å². The zero-order chi connectivity index (χ0) is 15.5. The van der Waals surface area contributed by atoms with Crippen LogP contribution in [-0.2, 0) is 14.6 Å². The minimum Gasteiger partial charge on any atom is -0.481 e. The van der Waals surface area contributed by atoms with Gasteiger partial charge in [0.15, 0.2) is 9.84 Å². The van der Waals surface area contributed by atoms with Gasteiger partial charge in [-0.1, -0.05) is 6.42 Å². The van der Waals surface area contributed by atoms with Crippen LogP contribution in [0.25, 0.3) is 0 Å². The fourth-order valence-corrected chi connectivity index (χ4v) is 5.02. The normalized spacial score (nSPS) is 31.0. The van der Waals surface area contributed by atoms with Crippen molar-refractivity contribution in [3.63, 3.8) is 0 Å². The van der Waals surface area contributed by atoms with Crippen LogP contribution in [0.1, 0.15) is 25.7 Å². The van der Waals surface area contributed by atoms with Crippen LogP contribution in [0.2, 0.25) is 0 Å². The second-order valence-electron chi connectivity index (χ2n) is 6.00. The first-order valence-electron chi connectivity index (χ1n) is 7.32. The summed E-state index contributed by atoms with van der Waals surface area (Å²) in [5.74, 6) is -0.861. The number of sulfone groups is 1. The number of rotatable bonds is 5. The van der Waals surface area contributed by atoms with Crippen LogP contribution in [0.15, 0.2) is 0 Å². The van der Waals surface area contributed by atoms with Crippen molar-refractivity contribution in [3.05, 3.63) is 0 Å². The molecule has 7 nitrogen and oxygen atoms in total. The number of carboxylic acid groups (broad SMARTS) is 1. The Bertz CT molecular complexity index is 505. The SMILES string of the molecule is O=C(NCC1CCS(=O)(=O)C1)NCC1CCCC1C(=O)O. The van der Waals surface area contributed by atoms with Crippen molar-refractivity contribution in [1.82, 2.24) is 10.6 Å². The highest BCUT2D eigenvalue weighted by Crippen LogP contribution is 2.31. The van der Waals surface area contributed by atoms with Gasteiger partial charge in [-0.3, -0.25) is 4.79 Å². The molecule has 1 aliphatic carbocycles. The second-order valence-corrected chi connectivity index (χ2v) is 8.22. The molecule has 1 aliphatic heterocycles. The maximum Gasteiger partial charge on any atom is 0.314 e. The molecule has 0 aromatic heterocycles. The van der Waals surface area contributed by atoms with Crippen molar-refractivity contribution in [2.75, 3.05) is 24.6 Å².